The molecule has 3 rings (SSSR count). The van der Waals surface area contributed by atoms with Gasteiger partial charge in [0.15, 0.2) is 5.96 Å². The highest BCUT2D eigenvalue weighted by Crippen LogP contribution is 2.18. The first kappa shape index (κ1) is 15.9. The molecule has 1 aromatic heterocycles. The van der Waals surface area contributed by atoms with Crippen LogP contribution in [0.15, 0.2) is 39.7 Å². The van der Waals surface area contributed by atoms with Gasteiger partial charge in [-0.2, -0.15) is 0 Å². The van der Waals surface area contributed by atoms with Gasteiger partial charge in [-0.05, 0) is 31.9 Å². The van der Waals surface area contributed by atoms with Crippen LogP contribution in [0, 0.1) is 0 Å². The summed E-state index contributed by atoms with van der Waals surface area (Å²) in [6, 6.07) is 10.2. The Bertz CT molecular complexity index is 612. The molecule has 0 bridgehead atoms. The highest BCUT2D eigenvalue weighted by molar-refractivity contribution is 5.80. The average Bonchev–Trinajstić information content (AvgIpc) is 3.21. The van der Waals surface area contributed by atoms with Gasteiger partial charge in [-0.1, -0.05) is 18.2 Å². The lowest BCUT2D eigenvalue weighted by molar-refractivity contribution is 0.117. The molecule has 1 atom stereocenters. The number of fused-ring (bicyclic) bond motifs is 1. The number of ether oxygens (including phenoxy) is 1. The molecule has 2 heterocycles. The molecular formula is C18H25N3O2. The summed E-state index contributed by atoms with van der Waals surface area (Å²) < 4.78 is 11.4. The van der Waals surface area contributed by atoms with Gasteiger partial charge >= 0.3 is 0 Å². The molecule has 0 saturated carbocycles. The van der Waals surface area contributed by atoms with Crippen molar-refractivity contribution in [2.24, 2.45) is 4.99 Å². The standard InChI is InChI=1S/C18H25N3O2/c1-2-19-18(21-13-16-7-5-11-22-16)20-10-9-15-12-14-6-3-4-8-17(14)23-15/h3-4,6,8,12,16H,2,5,7,9-11,13H2,1H3,(H2,19,20,21). The Labute approximate surface area is 137 Å². The van der Waals surface area contributed by atoms with Gasteiger partial charge in [-0.15, -0.1) is 0 Å². The van der Waals surface area contributed by atoms with Gasteiger partial charge in [-0.25, -0.2) is 0 Å². The Morgan fingerprint density at radius 1 is 1.30 bits per heavy atom. The molecule has 5 heteroatoms. The molecule has 1 fully saturated rings. The second-order valence-corrected chi connectivity index (χ2v) is 5.78. The van der Waals surface area contributed by atoms with E-state index in [-0.39, 0.29) is 6.10 Å². The van der Waals surface area contributed by atoms with Crippen LogP contribution < -0.4 is 10.6 Å². The first-order valence-electron chi connectivity index (χ1n) is 8.46. The van der Waals surface area contributed by atoms with Gasteiger partial charge in [0.1, 0.15) is 11.3 Å². The Morgan fingerprint density at radius 2 is 2.22 bits per heavy atom. The van der Waals surface area contributed by atoms with E-state index in [4.69, 9.17) is 9.15 Å². The summed E-state index contributed by atoms with van der Waals surface area (Å²) in [4.78, 5) is 4.61. The molecule has 1 aliphatic rings. The Balaban J connectivity index is 1.50. The average molecular weight is 315 g/mol. The third-order valence-corrected chi connectivity index (χ3v) is 3.96. The predicted molar refractivity (Wildman–Crippen MR) is 92.9 cm³/mol. The number of hydrogen-bond acceptors (Lipinski definition) is 3. The molecule has 2 aromatic rings. The number of aliphatic imine (C=N–C) groups is 1. The van der Waals surface area contributed by atoms with Gasteiger partial charge in [0.2, 0.25) is 0 Å². The van der Waals surface area contributed by atoms with Crippen LogP contribution in [0.5, 0.6) is 0 Å². The van der Waals surface area contributed by atoms with Crippen molar-refractivity contribution in [1.29, 1.82) is 0 Å². The minimum atomic E-state index is 0.279. The second-order valence-electron chi connectivity index (χ2n) is 5.78. The molecule has 124 valence electrons. The van der Waals surface area contributed by atoms with Crippen LogP contribution in [0.2, 0.25) is 0 Å². The molecule has 1 unspecified atom stereocenters. The van der Waals surface area contributed by atoms with Crippen LogP contribution in [-0.4, -0.2) is 38.3 Å². The number of guanidine groups is 1. The van der Waals surface area contributed by atoms with Gasteiger partial charge in [-0.3, -0.25) is 4.99 Å². The van der Waals surface area contributed by atoms with E-state index in [2.05, 4.69) is 34.7 Å². The number of hydrogen-bond donors (Lipinski definition) is 2. The summed E-state index contributed by atoms with van der Waals surface area (Å²) in [5.41, 5.74) is 0.946. The summed E-state index contributed by atoms with van der Waals surface area (Å²) in [7, 11) is 0. The van der Waals surface area contributed by atoms with Crippen molar-refractivity contribution in [2.45, 2.75) is 32.3 Å². The largest absolute Gasteiger partial charge is 0.461 e. The summed E-state index contributed by atoms with van der Waals surface area (Å²) >= 11 is 0. The molecule has 0 amide bonds. The molecule has 1 saturated heterocycles. The van der Waals surface area contributed by atoms with Gasteiger partial charge in [0.25, 0.3) is 0 Å². The number of benzene rings is 1. The van der Waals surface area contributed by atoms with Crippen LogP contribution in [-0.2, 0) is 11.2 Å². The van der Waals surface area contributed by atoms with Crippen LogP contribution in [0.4, 0.5) is 0 Å². The highest BCUT2D eigenvalue weighted by Gasteiger charge is 2.14. The van der Waals surface area contributed by atoms with E-state index in [0.29, 0.717) is 0 Å². The summed E-state index contributed by atoms with van der Waals surface area (Å²) in [5, 5.41) is 7.79. The van der Waals surface area contributed by atoms with Crippen molar-refractivity contribution in [3.63, 3.8) is 0 Å². The Kier molecular flexibility index (Phi) is 5.53. The molecule has 2 N–H and O–H groups in total. The van der Waals surface area contributed by atoms with Crippen molar-refractivity contribution >= 4 is 16.9 Å². The van der Waals surface area contributed by atoms with Crippen LogP contribution in [0.1, 0.15) is 25.5 Å². The summed E-state index contributed by atoms with van der Waals surface area (Å²) in [5.74, 6) is 1.84. The van der Waals surface area contributed by atoms with Crippen LogP contribution in [0.25, 0.3) is 11.0 Å². The second kappa shape index (κ2) is 8.02. The Hall–Kier alpha value is -2.01. The fourth-order valence-electron chi connectivity index (χ4n) is 2.79. The quantitative estimate of drug-likeness (QED) is 0.636. The van der Waals surface area contributed by atoms with Crippen molar-refractivity contribution in [1.82, 2.24) is 10.6 Å². The zero-order valence-corrected chi connectivity index (χ0v) is 13.7. The van der Waals surface area contributed by atoms with Crippen molar-refractivity contribution < 1.29 is 9.15 Å². The van der Waals surface area contributed by atoms with Crippen molar-refractivity contribution in [2.75, 3.05) is 26.2 Å². The molecule has 1 aromatic carbocycles. The highest BCUT2D eigenvalue weighted by atomic mass is 16.5. The first-order chi connectivity index (χ1) is 11.3. The Morgan fingerprint density at radius 3 is 3.00 bits per heavy atom. The number of rotatable bonds is 6. The van der Waals surface area contributed by atoms with E-state index in [9.17, 15) is 0 Å². The first-order valence-corrected chi connectivity index (χ1v) is 8.46. The molecule has 5 nitrogen and oxygen atoms in total. The number of furan rings is 1. The minimum absolute atomic E-state index is 0.279. The zero-order chi connectivity index (χ0) is 15.9. The molecule has 0 radical (unpaired) electrons. The fraction of sp³-hybridized carbons (Fsp3) is 0.500. The molecule has 0 aliphatic carbocycles. The molecule has 0 spiro atoms. The third-order valence-electron chi connectivity index (χ3n) is 3.96. The third kappa shape index (κ3) is 4.48. The summed E-state index contributed by atoms with van der Waals surface area (Å²) in [6.45, 7) is 5.30. The molecular weight excluding hydrogens is 290 g/mol. The maximum Gasteiger partial charge on any atom is 0.191 e. The predicted octanol–water partition coefficient (Wildman–Crippen LogP) is 2.71. The van der Waals surface area contributed by atoms with Gasteiger partial charge in [0, 0.05) is 31.5 Å². The minimum Gasteiger partial charge on any atom is -0.461 e. The van der Waals surface area contributed by atoms with E-state index >= 15 is 0 Å². The lowest BCUT2D eigenvalue weighted by Crippen LogP contribution is -2.38. The summed E-state index contributed by atoms with van der Waals surface area (Å²) in [6.07, 6.45) is 3.37. The SMILES string of the molecule is CCNC(=NCC1CCCO1)NCCc1cc2ccccc2o1. The topological polar surface area (TPSA) is 58.8 Å². The van der Waals surface area contributed by atoms with E-state index in [0.717, 1.165) is 68.2 Å². The van der Waals surface area contributed by atoms with Gasteiger partial charge in [0.05, 0.1) is 12.6 Å². The number of para-hydroxylation sites is 1. The molecule has 23 heavy (non-hydrogen) atoms. The zero-order valence-electron chi connectivity index (χ0n) is 13.7. The fourth-order valence-corrected chi connectivity index (χ4v) is 2.79. The van der Waals surface area contributed by atoms with Crippen molar-refractivity contribution in [3.8, 4) is 0 Å². The monoisotopic (exact) mass is 315 g/mol. The lowest BCUT2D eigenvalue weighted by Gasteiger charge is -2.12. The van der Waals surface area contributed by atoms with E-state index in [1.54, 1.807) is 0 Å². The lowest BCUT2D eigenvalue weighted by atomic mass is 10.2. The molecule has 1 aliphatic heterocycles. The maximum absolute atomic E-state index is 5.83. The maximum atomic E-state index is 5.83. The number of nitrogens with one attached hydrogen (secondary N) is 2. The normalized spacial score (nSPS) is 18.5. The smallest absolute Gasteiger partial charge is 0.191 e. The van der Waals surface area contributed by atoms with Crippen LogP contribution >= 0.6 is 0 Å². The van der Waals surface area contributed by atoms with E-state index in [1.165, 1.54) is 0 Å². The number of nitrogens with zero attached hydrogens (tertiary/aromatic N) is 1. The van der Waals surface area contributed by atoms with Crippen LogP contribution in [0.3, 0.4) is 0 Å². The van der Waals surface area contributed by atoms with Gasteiger partial charge < -0.3 is 19.8 Å². The van der Waals surface area contributed by atoms with Crippen molar-refractivity contribution in [3.05, 3.63) is 36.1 Å². The van der Waals surface area contributed by atoms with E-state index in [1.807, 2.05) is 18.2 Å². The van der Waals surface area contributed by atoms with E-state index < -0.39 is 0 Å².